The average Bonchev–Trinajstić information content (AvgIpc) is 3.13. The maximum absolute atomic E-state index is 11.1. The van der Waals surface area contributed by atoms with Crippen LogP contribution in [0.4, 0.5) is 0 Å². The molecule has 0 aliphatic rings. The summed E-state index contributed by atoms with van der Waals surface area (Å²) in [6.45, 7) is 16.3. The molecular formula is C24H43NO2S. The molecule has 0 aliphatic heterocycles. The van der Waals surface area contributed by atoms with Crippen molar-refractivity contribution in [2.24, 2.45) is 11.8 Å². The van der Waals surface area contributed by atoms with Crippen LogP contribution in [0.1, 0.15) is 78.5 Å². The van der Waals surface area contributed by atoms with Crippen LogP contribution in [0.15, 0.2) is 29.7 Å². The largest absolute Gasteiger partial charge is 0.320 e. The summed E-state index contributed by atoms with van der Waals surface area (Å²) in [5.41, 5.74) is 1.30. The molecule has 0 aliphatic carbocycles. The smallest absolute Gasteiger partial charge is 0.136 e. The summed E-state index contributed by atoms with van der Waals surface area (Å²) < 4.78 is 0. The highest BCUT2D eigenvalue weighted by atomic mass is 32.1. The number of ketones is 2. The maximum atomic E-state index is 11.1. The van der Waals surface area contributed by atoms with Gasteiger partial charge in [-0.3, -0.25) is 9.59 Å². The molecule has 1 aromatic heterocycles. The Morgan fingerprint density at radius 3 is 2.21 bits per heavy atom. The van der Waals surface area contributed by atoms with Crippen molar-refractivity contribution in [2.45, 2.75) is 80.1 Å². The number of hydrogen-bond acceptors (Lipinski definition) is 4. The van der Waals surface area contributed by atoms with Crippen molar-refractivity contribution in [2.75, 3.05) is 13.6 Å². The number of unbranched alkanes of at least 4 members (excludes halogenated alkanes) is 1. The monoisotopic (exact) mass is 409 g/mol. The number of hydrogen-bond donors (Lipinski definition) is 1. The minimum atomic E-state index is -0.107. The van der Waals surface area contributed by atoms with Crippen molar-refractivity contribution in [3.63, 3.8) is 0 Å². The van der Waals surface area contributed by atoms with Crippen LogP contribution in [-0.4, -0.2) is 25.2 Å². The molecule has 0 bridgehead atoms. The molecule has 0 aromatic carbocycles. The number of rotatable bonds is 11. The second kappa shape index (κ2) is 19.1. The van der Waals surface area contributed by atoms with Gasteiger partial charge < -0.3 is 5.32 Å². The molecule has 1 aromatic rings. The number of carbonyl (C=O) groups is 2. The number of allylic oxidation sites excluding steroid dienone is 1. The fourth-order valence-corrected chi connectivity index (χ4v) is 2.92. The Labute approximate surface area is 178 Å². The van der Waals surface area contributed by atoms with E-state index >= 15 is 0 Å². The molecule has 1 rings (SSSR count). The molecule has 1 N–H and O–H groups in total. The number of thiophene rings is 1. The van der Waals surface area contributed by atoms with E-state index in [0.29, 0.717) is 6.42 Å². The van der Waals surface area contributed by atoms with Gasteiger partial charge in [0, 0.05) is 23.1 Å². The first-order chi connectivity index (χ1) is 13.1. The zero-order valence-electron chi connectivity index (χ0n) is 19.3. The molecule has 0 saturated heterocycles. The lowest BCUT2D eigenvalue weighted by Crippen LogP contribution is -2.16. The van der Waals surface area contributed by atoms with E-state index in [1.165, 1.54) is 49.5 Å². The SMILES string of the molecule is C=C(C)CCCCNC.CC(=O)C(C)CC(=O)C(C)C.CCCc1cccs1. The summed E-state index contributed by atoms with van der Waals surface area (Å²) in [5.74, 6) is 0.216. The van der Waals surface area contributed by atoms with E-state index in [4.69, 9.17) is 0 Å². The van der Waals surface area contributed by atoms with E-state index in [9.17, 15) is 9.59 Å². The highest BCUT2D eigenvalue weighted by molar-refractivity contribution is 7.09. The van der Waals surface area contributed by atoms with Gasteiger partial charge in [-0.15, -0.1) is 17.9 Å². The van der Waals surface area contributed by atoms with Crippen LogP contribution < -0.4 is 5.32 Å². The fourth-order valence-electron chi connectivity index (χ4n) is 2.11. The van der Waals surface area contributed by atoms with Crippen molar-refractivity contribution in [1.82, 2.24) is 5.32 Å². The van der Waals surface area contributed by atoms with Gasteiger partial charge >= 0.3 is 0 Å². The first kappa shape index (κ1) is 28.9. The number of Topliss-reactive ketones (excluding diaryl/α,β-unsaturated/α-hetero) is 2. The Balaban J connectivity index is 0. The first-order valence-corrected chi connectivity index (χ1v) is 11.4. The van der Waals surface area contributed by atoms with Crippen molar-refractivity contribution < 1.29 is 9.59 Å². The topological polar surface area (TPSA) is 46.2 Å². The Kier molecular flexibility index (Phi) is 19.7. The molecule has 0 fully saturated rings. The van der Waals surface area contributed by atoms with Crippen molar-refractivity contribution in [3.8, 4) is 0 Å². The van der Waals surface area contributed by atoms with Crippen LogP contribution in [-0.2, 0) is 16.0 Å². The second-order valence-corrected chi connectivity index (χ2v) is 8.72. The van der Waals surface area contributed by atoms with Crippen LogP contribution >= 0.6 is 11.3 Å². The average molecular weight is 410 g/mol. The summed E-state index contributed by atoms with van der Waals surface area (Å²) in [6.07, 6.45) is 6.63. The van der Waals surface area contributed by atoms with Gasteiger partial charge in [-0.1, -0.05) is 45.8 Å². The van der Waals surface area contributed by atoms with E-state index in [1.807, 2.05) is 32.2 Å². The lowest BCUT2D eigenvalue weighted by molar-refractivity contribution is -0.127. The van der Waals surface area contributed by atoms with Crippen LogP contribution in [0.25, 0.3) is 0 Å². The summed E-state index contributed by atoms with van der Waals surface area (Å²) in [6, 6.07) is 4.30. The first-order valence-electron chi connectivity index (χ1n) is 10.5. The Morgan fingerprint density at radius 2 is 1.82 bits per heavy atom. The van der Waals surface area contributed by atoms with E-state index in [2.05, 4.69) is 43.3 Å². The number of aryl methyl sites for hydroxylation is 1. The van der Waals surface area contributed by atoms with E-state index < -0.39 is 0 Å². The molecule has 0 saturated carbocycles. The molecule has 0 radical (unpaired) electrons. The summed E-state index contributed by atoms with van der Waals surface area (Å²) >= 11 is 1.85. The van der Waals surface area contributed by atoms with Gasteiger partial charge in [-0.25, -0.2) is 0 Å². The minimum absolute atomic E-state index is 0.0526. The van der Waals surface area contributed by atoms with Gasteiger partial charge in [0.1, 0.15) is 11.6 Å². The van der Waals surface area contributed by atoms with Gasteiger partial charge in [0.2, 0.25) is 0 Å². The highest BCUT2D eigenvalue weighted by Crippen LogP contribution is 2.10. The second-order valence-electron chi connectivity index (χ2n) is 7.68. The molecule has 0 amide bonds. The van der Waals surface area contributed by atoms with Crippen molar-refractivity contribution in [1.29, 1.82) is 0 Å². The Bertz CT molecular complexity index is 521. The van der Waals surface area contributed by atoms with Gasteiger partial charge in [0.25, 0.3) is 0 Å². The third-order valence-electron chi connectivity index (χ3n) is 4.20. The molecule has 1 unspecified atom stereocenters. The van der Waals surface area contributed by atoms with Gasteiger partial charge in [-0.05, 0) is 64.6 Å². The zero-order chi connectivity index (χ0) is 21.9. The van der Waals surface area contributed by atoms with E-state index in [0.717, 1.165) is 6.54 Å². The zero-order valence-corrected chi connectivity index (χ0v) is 20.1. The normalized spacial score (nSPS) is 11.0. The van der Waals surface area contributed by atoms with Crippen molar-refractivity contribution in [3.05, 3.63) is 34.5 Å². The van der Waals surface area contributed by atoms with E-state index in [1.54, 1.807) is 6.92 Å². The summed E-state index contributed by atoms with van der Waals surface area (Å²) in [4.78, 5) is 23.4. The van der Waals surface area contributed by atoms with Crippen LogP contribution in [0, 0.1) is 11.8 Å². The standard InChI is InChI=1S/C9H16O2.C8H17N.C7H10S/c1-6(2)9(11)5-7(3)8(4)10;1-8(2)6-4-5-7-9-3;1-2-4-7-5-3-6-8-7/h6-7H,5H2,1-4H3;9H,1,4-7H2,2-3H3;3,5-6H,2,4H2,1H3. The molecule has 3 nitrogen and oxygen atoms in total. The molecule has 4 heteroatoms. The molecule has 0 spiro atoms. The quantitative estimate of drug-likeness (QED) is 0.336. The third kappa shape index (κ3) is 19.5. The van der Waals surface area contributed by atoms with Gasteiger partial charge in [0.15, 0.2) is 0 Å². The lowest BCUT2D eigenvalue weighted by atomic mass is 9.95. The van der Waals surface area contributed by atoms with Crippen molar-refractivity contribution >= 4 is 22.9 Å². The Hall–Kier alpha value is -1.26. The molecule has 162 valence electrons. The molecule has 28 heavy (non-hydrogen) atoms. The van der Waals surface area contributed by atoms with Gasteiger partial charge in [0.05, 0.1) is 0 Å². The van der Waals surface area contributed by atoms with Crippen LogP contribution in [0.2, 0.25) is 0 Å². The third-order valence-corrected chi connectivity index (χ3v) is 5.14. The lowest BCUT2D eigenvalue weighted by Gasteiger charge is -2.07. The Morgan fingerprint density at radius 1 is 1.18 bits per heavy atom. The summed E-state index contributed by atoms with van der Waals surface area (Å²) in [5, 5.41) is 5.24. The molecule has 1 atom stereocenters. The number of carbonyl (C=O) groups excluding carboxylic acids is 2. The maximum Gasteiger partial charge on any atom is 0.136 e. The predicted octanol–water partition coefficient (Wildman–Crippen LogP) is 6.48. The van der Waals surface area contributed by atoms with Gasteiger partial charge in [-0.2, -0.15) is 0 Å². The minimum Gasteiger partial charge on any atom is -0.320 e. The van der Waals surface area contributed by atoms with Crippen LogP contribution in [0.5, 0.6) is 0 Å². The predicted molar refractivity (Wildman–Crippen MR) is 125 cm³/mol. The molecular weight excluding hydrogens is 366 g/mol. The van der Waals surface area contributed by atoms with E-state index in [-0.39, 0.29) is 23.4 Å². The molecule has 1 heterocycles. The fraction of sp³-hybridized carbons (Fsp3) is 0.667. The van der Waals surface area contributed by atoms with Crippen LogP contribution in [0.3, 0.4) is 0 Å². The highest BCUT2D eigenvalue weighted by Gasteiger charge is 2.14. The summed E-state index contributed by atoms with van der Waals surface area (Å²) in [7, 11) is 1.99. The number of nitrogens with one attached hydrogen (secondary N) is 1.